The van der Waals surface area contributed by atoms with Crippen molar-refractivity contribution >= 4 is 33.2 Å². The maximum atomic E-state index is 12.5. The third-order valence-corrected chi connectivity index (χ3v) is 5.33. The number of hydrogen-bond donors (Lipinski definition) is 1. The highest BCUT2D eigenvalue weighted by Crippen LogP contribution is 2.15. The van der Waals surface area contributed by atoms with Gasteiger partial charge in [0.05, 0.1) is 22.2 Å². The Morgan fingerprint density at radius 2 is 2.00 bits per heavy atom. The molecule has 2 heterocycles. The predicted molar refractivity (Wildman–Crippen MR) is 98.7 cm³/mol. The van der Waals surface area contributed by atoms with Crippen LogP contribution in [0.25, 0.3) is 5.65 Å². The van der Waals surface area contributed by atoms with Gasteiger partial charge >= 0.3 is 0 Å². The molecular formula is C17H17ClN4O3S. The van der Waals surface area contributed by atoms with E-state index in [4.69, 9.17) is 11.6 Å². The fraction of sp³-hybridized carbons (Fsp3) is 0.176. The molecule has 3 rings (SSSR count). The van der Waals surface area contributed by atoms with Gasteiger partial charge in [0.15, 0.2) is 0 Å². The summed E-state index contributed by atoms with van der Waals surface area (Å²) in [6, 6.07) is 9.37. The van der Waals surface area contributed by atoms with E-state index in [9.17, 15) is 13.2 Å². The molecule has 3 aromatic rings. The largest absolute Gasteiger partial charge is 0.345 e. The number of nitrogens with one attached hydrogen (secondary N) is 1. The lowest BCUT2D eigenvalue weighted by Gasteiger charge is -2.11. The Labute approximate surface area is 156 Å². The molecule has 26 heavy (non-hydrogen) atoms. The summed E-state index contributed by atoms with van der Waals surface area (Å²) in [6.45, 7) is 0.0213. The molecule has 0 saturated heterocycles. The smallest absolute Gasteiger partial charge is 0.253 e. The van der Waals surface area contributed by atoms with Gasteiger partial charge in [0, 0.05) is 32.1 Å². The summed E-state index contributed by atoms with van der Waals surface area (Å²) in [4.78, 5) is 17.8. The van der Waals surface area contributed by atoms with Crippen molar-refractivity contribution in [3.63, 3.8) is 0 Å². The van der Waals surface area contributed by atoms with Gasteiger partial charge in [0.25, 0.3) is 5.91 Å². The van der Waals surface area contributed by atoms with Crippen molar-refractivity contribution < 1.29 is 13.2 Å². The molecule has 0 saturated carbocycles. The van der Waals surface area contributed by atoms with Crippen molar-refractivity contribution in [1.29, 1.82) is 0 Å². The summed E-state index contributed by atoms with van der Waals surface area (Å²) >= 11 is 5.93. The number of aromatic nitrogens is 2. The first-order valence-electron chi connectivity index (χ1n) is 7.71. The number of halogens is 1. The van der Waals surface area contributed by atoms with Crippen LogP contribution >= 0.6 is 11.6 Å². The summed E-state index contributed by atoms with van der Waals surface area (Å²) in [5.74, 6) is -0.265. The normalized spacial score (nSPS) is 11.7. The van der Waals surface area contributed by atoms with Crippen LogP contribution in [0.3, 0.4) is 0 Å². The van der Waals surface area contributed by atoms with Crippen molar-refractivity contribution in [3.8, 4) is 0 Å². The van der Waals surface area contributed by atoms with Crippen LogP contribution in [0, 0.1) is 0 Å². The lowest BCUT2D eigenvalue weighted by atomic mass is 10.2. The molecule has 0 aliphatic heterocycles. The molecule has 136 valence electrons. The van der Waals surface area contributed by atoms with Crippen LogP contribution < -0.4 is 4.72 Å². The topological polar surface area (TPSA) is 83.8 Å². The molecule has 0 spiro atoms. The van der Waals surface area contributed by atoms with E-state index >= 15 is 0 Å². The molecule has 1 aromatic carbocycles. The standard InChI is InChI=1S/C17H17ClN4O3S/c1-21(2)17(23)12-4-3-5-15(8-12)26(24,25)19-9-14-11-22-10-13(18)6-7-16(22)20-14/h3-8,10-11,19H,9H2,1-2H3. The number of amides is 1. The second-order valence-corrected chi connectivity index (χ2v) is 8.10. The zero-order valence-corrected chi connectivity index (χ0v) is 15.8. The van der Waals surface area contributed by atoms with Crippen molar-refractivity contribution in [2.45, 2.75) is 11.4 Å². The number of rotatable bonds is 5. The van der Waals surface area contributed by atoms with Gasteiger partial charge in [0.2, 0.25) is 10.0 Å². The number of imidazole rings is 1. The van der Waals surface area contributed by atoms with E-state index in [1.54, 1.807) is 49.1 Å². The minimum Gasteiger partial charge on any atom is -0.345 e. The van der Waals surface area contributed by atoms with Gasteiger partial charge in [-0.3, -0.25) is 4.79 Å². The number of hydrogen-bond acceptors (Lipinski definition) is 4. The Hall–Kier alpha value is -2.42. The molecule has 0 unspecified atom stereocenters. The fourth-order valence-corrected chi connectivity index (χ4v) is 3.62. The molecule has 2 aromatic heterocycles. The zero-order valence-electron chi connectivity index (χ0n) is 14.2. The molecule has 0 fully saturated rings. The van der Waals surface area contributed by atoms with Gasteiger partial charge in [0.1, 0.15) is 5.65 Å². The lowest BCUT2D eigenvalue weighted by molar-refractivity contribution is 0.0827. The number of carbonyl (C=O) groups excluding carboxylic acids is 1. The SMILES string of the molecule is CN(C)C(=O)c1cccc(S(=O)(=O)NCc2cn3cc(Cl)ccc3n2)c1. The van der Waals surface area contributed by atoms with Crippen LogP contribution in [0.2, 0.25) is 5.02 Å². The highest BCUT2D eigenvalue weighted by molar-refractivity contribution is 7.89. The maximum absolute atomic E-state index is 12.5. The molecule has 1 N–H and O–H groups in total. The second-order valence-electron chi connectivity index (χ2n) is 5.90. The number of pyridine rings is 1. The number of fused-ring (bicyclic) bond motifs is 1. The van der Waals surface area contributed by atoms with Crippen LogP contribution in [0.5, 0.6) is 0 Å². The minimum absolute atomic E-state index is 0.0213. The monoisotopic (exact) mass is 392 g/mol. The maximum Gasteiger partial charge on any atom is 0.253 e. The summed E-state index contributed by atoms with van der Waals surface area (Å²) in [5, 5.41) is 0.560. The molecule has 0 bridgehead atoms. The first-order valence-corrected chi connectivity index (χ1v) is 9.57. The van der Waals surface area contributed by atoms with Crippen molar-refractivity contribution in [2.24, 2.45) is 0 Å². The third-order valence-electron chi connectivity index (χ3n) is 3.71. The third kappa shape index (κ3) is 3.87. The molecule has 0 aliphatic carbocycles. The van der Waals surface area contributed by atoms with Crippen LogP contribution in [0.1, 0.15) is 16.1 Å². The van der Waals surface area contributed by atoms with Gasteiger partial charge in [-0.1, -0.05) is 17.7 Å². The summed E-state index contributed by atoms with van der Waals surface area (Å²) in [5.41, 5.74) is 1.53. The Bertz CT molecular complexity index is 1080. The first kappa shape index (κ1) is 18.4. The fourth-order valence-electron chi connectivity index (χ4n) is 2.41. The van der Waals surface area contributed by atoms with E-state index in [-0.39, 0.29) is 17.3 Å². The van der Waals surface area contributed by atoms with Crippen molar-refractivity contribution in [2.75, 3.05) is 14.1 Å². The molecule has 0 atom stereocenters. The van der Waals surface area contributed by atoms with E-state index in [1.165, 1.54) is 23.1 Å². The highest BCUT2D eigenvalue weighted by atomic mass is 35.5. The lowest BCUT2D eigenvalue weighted by Crippen LogP contribution is -2.25. The first-order chi connectivity index (χ1) is 12.3. The van der Waals surface area contributed by atoms with Crippen molar-refractivity contribution in [3.05, 3.63) is 65.1 Å². The number of carbonyl (C=O) groups is 1. The highest BCUT2D eigenvalue weighted by Gasteiger charge is 2.17. The summed E-state index contributed by atoms with van der Waals surface area (Å²) in [6.07, 6.45) is 3.40. The summed E-state index contributed by atoms with van der Waals surface area (Å²) < 4.78 is 29.3. The van der Waals surface area contributed by atoms with Crippen LogP contribution in [-0.2, 0) is 16.6 Å². The molecular weight excluding hydrogens is 376 g/mol. The van der Waals surface area contributed by atoms with E-state index in [1.807, 2.05) is 0 Å². The minimum atomic E-state index is -3.78. The molecule has 0 aliphatic rings. The van der Waals surface area contributed by atoms with Crippen LogP contribution in [-0.4, -0.2) is 42.7 Å². The van der Waals surface area contributed by atoms with E-state index in [2.05, 4.69) is 9.71 Å². The Kier molecular flexibility index (Phi) is 4.99. The molecule has 0 radical (unpaired) electrons. The van der Waals surface area contributed by atoms with Gasteiger partial charge in [-0.05, 0) is 30.3 Å². The van der Waals surface area contributed by atoms with Crippen LogP contribution in [0.4, 0.5) is 0 Å². The van der Waals surface area contributed by atoms with E-state index < -0.39 is 10.0 Å². The average molecular weight is 393 g/mol. The number of nitrogens with zero attached hydrogens (tertiary/aromatic N) is 3. The van der Waals surface area contributed by atoms with Crippen molar-refractivity contribution in [1.82, 2.24) is 19.0 Å². The average Bonchev–Trinajstić information content (AvgIpc) is 3.01. The Morgan fingerprint density at radius 1 is 1.23 bits per heavy atom. The van der Waals surface area contributed by atoms with E-state index in [0.29, 0.717) is 21.9 Å². The van der Waals surface area contributed by atoms with Crippen LogP contribution in [0.15, 0.2) is 53.7 Å². The molecule has 9 heteroatoms. The Balaban J connectivity index is 1.80. The quantitative estimate of drug-likeness (QED) is 0.721. The van der Waals surface area contributed by atoms with Gasteiger partial charge in [-0.2, -0.15) is 0 Å². The van der Waals surface area contributed by atoms with E-state index in [0.717, 1.165) is 0 Å². The predicted octanol–water partition coefficient (Wildman–Crippen LogP) is 2.17. The Morgan fingerprint density at radius 3 is 2.73 bits per heavy atom. The second kappa shape index (κ2) is 7.06. The number of sulfonamides is 1. The molecule has 7 nitrogen and oxygen atoms in total. The van der Waals surface area contributed by atoms with Gasteiger partial charge < -0.3 is 9.30 Å². The van der Waals surface area contributed by atoms with Gasteiger partial charge in [-0.25, -0.2) is 18.1 Å². The zero-order chi connectivity index (χ0) is 18.9. The molecule has 1 amide bonds. The van der Waals surface area contributed by atoms with Gasteiger partial charge in [-0.15, -0.1) is 0 Å². The summed E-state index contributed by atoms with van der Waals surface area (Å²) in [7, 11) is -0.565. The number of benzene rings is 1.